The molecular weight excluding hydrogens is 389 g/mol. The van der Waals surface area contributed by atoms with Crippen LogP contribution >= 0.6 is 0 Å². The quantitative estimate of drug-likeness (QED) is 0.600. The van der Waals surface area contributed by atoms with E-state index in [0.29, 0.717) is 0 Å². The van der Waals surface area contributed by atoms with Crippen LogP contribution in [-0.4, -0.2) is 4.57 Å². The first kappa shape index (κ1) is 6.87. The zero-order valence-electron chi connectivity index (χ0n) is 6.54. The Labute approximate surface area is 59.9 Å². The predicted molar refractivity (Wildman–Crippen MR) is 41.8 cm³/mol. The Kier molecular flexibility index (Phi) is 1.36. The molecule has 2 rings (SSSR count). The predicted octanol–water partition coefficient (Wildman–Crippen LogP) is 1.98. The minimum absolute atomic E-state index is 0. The van der Waals surface area contributed by atoms with E-state index in [1.165, 1.54) is 10.9 Å². The van der Waals surface area contributed by atoms with Gasteiger partial charge in [-0.25, -0.2) is 0 Å². The van der Waals surface area contributed by atoms with Crippen molar-refractivity contribution in [3.05, 3.63) is 36.5 Å². The topological polar surface area (TPSA) is 4.93 Å². The maximum Gasteiger partial charge on any atom is 0 e. The van der Waals surface area contributed by atoms with Gasteiger partial charge in [0.05, 0.1) is 0 Å². The van der Waals surface area contributed by atoms with Crippen LogP contribution in [0.4, 0.5) is 0 Å². The van der Waals surface area contributed by atoms with Crippen LogP contribution in [0.1, 0.15) is 0 Å². The first-order valence-corrected chi connectivity index (χ1v) is 3.30. The molecule has 0 amide bonds. The second kappa shape index (κ2) is 2.18. The molecule has 0 aliphatic heterocycles. The fraction of sp³-hybridized carbons (Fsp3) is 0.111. The van der Waals surface area contributed by atoms with Crippen molar-refractivity contribution in [3.63, 3.8) is 0 Å². The molecule has 0 radical (unpaired) electrons. The molecule has 1 aromatic carbocycles. The van der Waals surface area contributed by atoms with Crippen LogP contribution in [0.3, 0.4) is 0 Å². The molecule has 0 unspecified atom stereocenters. The smallest absolute Gasteiger partial charge is 0 e. The summed E-state index contributed by atoms with van der Waals surface area (Å²) < 4.78 is 2.00. The molecule has 0 N–H and O–H groups in total. The van der Waals surface area contributed by atoms with Crippen LogP contribution in [0, 0.1) is 6.20 Å². The summed E-state index contributed by atoms with van der Waals surface area (Å²) in [5.74, 6) is 0. The van der Waals surface area contributed by atoms with E-state index in [2.05, 4.69) is 18.3 Å². The number of fused-ring (bicyclic) bond motifs is 1. The Balaban J connectivity index is 0.000000605. The molecule has 0 saturated heterocycles. The summed E-state index contributed by atoms with van der Waals surface area (Å²) in [6.45, 7) is 0. The molecule has 11 heavy (non-hydrogen) atoms. The molecule has 1 nitrogen and oxygen atoms in total. The van der Waals surface area contributed by atoms with Crippen molar-refractivity contribution in [3.8, 4) is 0 Å². The maximum atomic E-state index is 3.09. The SMILES string of the molecule is Cn1[c-]cc2ccccc21.[Rf]. The van der Waals surface area contributed by atoms with E-state index < -0.39 is 0 Å². The Morgan fingerprint density at radius 2 is 2.00 bits per heavy atom. The molecule has 2 heteroatoms. The average molecular weight is 397 g/mol. The number of rotatable bonds is 0. The van der Waals surface area contributed by atoms with Gasteiger partial charge in [-0.05, 0) is 7.05 Å². The van der Waals surface area contributed by atoms with Gasteiger partial charge in [-0.15, -0.1) is 23.8 Å². The summed E-state index contributed by atoms with van der Waals surface area (Å²) in [5, 5.41) is 1.25. The van der Waals surface area contributed by atoms with Gasteiger partial charge in [0.15, 0.2) is 0 Å². The van der Waals surface area contributed by atoms with Gasteiger partial charge in [0.2, 0.25) is 0 Å². The number of hydrogen-bond acceptors (Lipinski definition) is 0. The average Bonchev–Trinajstić information content (AvgIpc) is 2.34. The maximum absolute atomic E-state index is 3.09. The van der Waals surface area contributed by atoms with Crippen LogP contribution in [-0.2, 0) is 7.05 Å². The molecule has 1 heterocycles. The molecule has 52 valence electrons. The number of aryl methyl sites for hydroxylation is 1. The third-order valence-corrected chi connectivity index (χ3v) is 1.71. The van der Waals surface area contributed by atoms with Gasteiger partial charge in [-0.2, -0.15) is 11.5 Å². The van der Waals surface area contributed by atoms with Crippen molar-refractivity contribution in [2.45, 2.75) is 0 Å². The molecule has 0 spiro atoms. The largest absolute Gasteiger partial charge is 0.466 e. The monoisotopic (exact) mass is 397 g/mol. The Morgan fingerprint density at radius 1 is 1.27 bits per heavy atom. The van der Waals surface area contributed by atoms with Crippen LogP contribution in [0.2, 0.25) is 0 Å². The van der Waals surface area contributed by atoms with Crippen molar-refractivity contribution in [2.24, 2.45) is 7.05 Å². The zero-order valence-corrected chi connectivity index (χ0v) is 12.9. The van der Waals surface area contributed by atoms with E-state index in [-0.39, 0.29) is 0 Å². The minimum atomic E-state index is 0. The molecule has 0 fully saturated rings. The third-order valence-electron chi connectivity index (χ3n) is 1.71. The summed E-state index contributed by atoms with van der Waals surface area (Å²) in [6.07, 6.45) is 3.09. The van der Waals surface area contributed by atoms with Crippen molar-refractivity contribution in [1.29, 1.82) is 0 Å². The fourth-order valence-corrected chi connectivity index (χ4v) is 1.15. The normalized spacial score (nSPS) is 9.55. The van der Waals surface area contributed by atoms with Crippen molar-refractivity contribution in [2.75, 3.05) is 0 Å². The van der Waals surface area contributed by atoms with Gasteiger partial charge in [0.1, 0.15) is 0 Å². The van der Waals surface area contributed by atoms with Crippen LogP contribution in [0.25, 0.3) is 10.9 Å². The van der Waals surface area contributed by atoms with E-state index >= 15 is 0 Å². The number of nitrogens with zero attached hydrogens (tertiary/aromatic N) is 1. The molecule has 1 aromatic heterocycles. The molecule has 0 saturated carbocycles. The minimum Gasteiger partial charge on any atom is -0.466 e. The van der Waals surface area contributed by atoms with Gasteiger partial charge in [0, 0.05) is 0 Å². The van der Waals surface area contributed by atoms with Gasteiger partial charge in [0.25, 0.3) is 0 Å². The van der Waals surface area contributed by atoms with Crippen LogP contribution in [0.15, 0.2) is 30.3 Å². The summed E-state index contributed by atoms with van der Waals surface area (Å²) in [6, 6.07) is 10.2. The van der Waals surface area contributed by atoms with E-state index in [1.807, 2.05) is 29.8 Å². The Bertz CT molecular complexity index is 351. The Hall–Kier alpha value is -2.24. The molecule has 0 aliphatic carbocycles. The first-order chi connectivity index (χ1) is 4.88. The second-order valence-electron chi connectivity index (χ2n) is 2.39. The number of benzene rings is 1. The molecule has 0 bridgehead atoms. The van der Waals surface area contributed by atoms with E-state index in [1.54, 1.807) is 0 Å². The molecule has 0 aliphatic rings. The molecule has 0 atom stereocenters. The number of aromatic nitrogens is 1. The van der Waals surface area contributed by atoms with Gasteiger partial charge < -0.3 is 4.57 Å². The van der Waals surface area contributed by atoms with Crippen molar-refractivity contribution < 1.29 is 0 Å². The zero-order chi connectivity index (χ0) is 6.97. The van der Waals surface area contributed by atoms with Crippen LogP contribution in [0.5, 0.6) is 0 Å². The Morgan fingerprint density at radius 3 is 2.73 bits per heavy atom. The van der Waals surface area contributed by atoms with E-state index in [4.69, 9.17) is 0 Å². The fourth-order valence-electron chi connectivity index (χ4n) is 1.15. The van der Waals surface area contributed by atoms with Crippen molar-refractivity contribution in [1.82, 2.24) is 4.57 Å². The molecular formula is C9H8NRf-. The molecule has 2 aromatic rings. The second-order valence-corrected chi connectivity index (χ2v) is 2.39. The van der Waals surface area contributed by atoms with E-state index in [0.717, 1.165) is 0 Å². The van der Waals surface area contributed by atoms with Crippen molar-refractivity contribution >= 4 is 10.9 Å². The van der Waals surface area contributed by atoms with Gasteiger partial charge in [-0.1, -0.05) is 12.1 Å². The first-order valence-electron chi connectivity index (χ1n) is 3.30. The van der Waals surface area contributed by atoms with Gasteiger partial charge in [-0.3, -0.25) is 0 Å². The number of hydrogen-bond donors (Lipinski definition) is 0. The summed E-state index contributed by atoms with van der Waals surface area (Å²) in [4.78, 5) is 0. The third kappa shape index (κ3) is 0.816. The summed E-state index contributed by atoms with van der Waals surface area (Å²) in [5.41, 5.74) is 1.24. The van der Waals surface area contributed by atoms with Gasteiger partial charge >= 0.3 is 0 Å². The van der Waals surface area contributed by atoms with Crippen LogP contribution < -0.4 is 0 Å². The standard InChI is InChI=1S/C9H8N.Rf/c1-10-7-6-8-4-2-3-5-9(8)10;/h2-6H,1H3;/q-1;. The summed E-state index contributed by atoms with van der Waals surface area (Å²) in [7, 11) is 2.00. The summed E-state index contributed by atoms with van der Waals surface area (Å²) >= 11 is 0. The van der Waals surface area contributed by atoms with E-state index in [9.17, 15) is 0 Å². The number of para-hydroxylation sites is 1.